The van der Waals surface area contributed by atoms with E-state index in [1.165, 1.54) is 11.3 Å². The number of benzene rings is 1. The quantitative estimate of drug-likeness (QED) is 0.790. The zero-order valence-corrected chi connectivity index (χ0v) is 14.5. The van der Waals surface area contributed by atoms with Gasteiger partial charge in [-0.05, 0) is 37.5 Å². The van der Waals surface area contributed by atoms with Crippen LogP contribution in [-0.4, -0.2) is 28.1 Å². The van der Waals surface area contributed by atoms with E-state index in [0.717, 1.165) is 17.8 Å². The molecule has 1 heterocycles. The fourth-order valence-corrected chi connectivity index (χ4v) is 3.09. The van der Waals surface area contributed by atoms with Gasteiger partial charge >= 0.3 is 0 Å². The van der Waals surface area contributed by atoms with Crippen LogP contribution in [0.1, 0.15) is 40.5 Å². The van der Waals surface area contributed by atoms with Crippen molar-refractivity contribution in [2.45, 2.75) is 38.1 Å². The molecular weight excluding hydrogens is 348 g/mol. The maximum Gasteiger partial charge on any atom is 0.286 e. The van der Waals surface area contributed by atoms with E-state index in [0.29, 0.717) is 41.0 Å². The number of nitrogens with one attached hydrogen (secondary N) is 2. The zero-order valence-electron chi connectivity index (χ0n) is 12.9. The van der Waals surface area contributed by atoms with Crippen molar-refractivity contribution in [1.29, 1.82) is 0 Å². The second-order valence-electron chi connectivity index (χ2n) is 5.66. The molecular formula is C16H17ClN4O2S. The Labute approximate surface area is 148 Å². The van der Waals surface area contributed by atoms with Crippen molar-refractivity contribution in [3.8, 4) is 0 Å². The molecule has 2 N–H and O–H groups in total. The Hall–Kier alpha value is -1.99. The van der Waals surface area contributed by atoms with Crippen LogP contribution in [-0.2, 0) is 11.2 Å². The Morgan fingerprint density at radius 3 is 2.88 bits per heavy atom. The molecule has 0 bridgehead atoms. The molecule has 1 aliphatic rings. The molecule has 6 nitrogen and oxygen atoms in total. The van der Waals surface area contributed by atoms with Crippen LogP contribution in [0.4, 0.5) is 5.69 Å². The molecule has 0 unspecified atom stereocenters. The lowest BCUT2D eigenvalue weighted by atomic mass is 10.2. The van der Waals surface area contributed by atoms with Gasteiger partial charge in [-0.15, -0.1) is 10.2 Å². The molecule has 3 rings (SSSR count). The molecule has 126 valence electrons. The van der Waals surface area contributed by atoms with Gasteiger partial charge in [-0.25, -0.2) is 0 Å². The molecule has 0 saturated heterocycles. The smallest absolute Gasteiger partial charge is 0.286 e. The highest BCUT2D eigenvalue weighted by Gasteiger charge is 2.22. The van der Waals surface area contributed by atoms with Crippen molar-refractivity contribution in [3.63, 3.8) is 0 Å². The SMILES string of the molecule is O=C(CCCc1nnc(C(=O)Nc2cccc(Cl)c2)s1)NC1CC1. The van der Waals surface area contributed by atoms with Crippen LogP contribution < -0.4 is 10.6 Å². The molecule has 0 spiro atoms. The number of hydrogen-bond donors (Lipinski definition) is 2. The van der Waals surface area contributed by atoms with Gasteiger partial charge < -0.3 is 10.6 Å². The molecule has 1 saturated carbocycles. The van der Waals surface area contributed by atoms with E-state index >= 15 is 0 Å². The number of hydrogen-bond acceptors (Lipinski definition) is 5. The first-order chi connectivity index (χ1) is 11.6. The summed E-state index contributed by atoms with van der Waals surface area (Å²) in [7, 11) is 0. The van der Waals surface area contributed by atoms with Crippen molar-refractivity contribution in [2.75, 3.05) is 5.32 Å². The molecule has 1 aliphatic carbocycles. The summed E-state index contributed by atoms with van der Waals surface area (Å²) < 4.78 is 0. The van der Waals surface area contributed by atoms with E-state index in [-0.39, 0.29) is 11.8 Å². The van der Waals surface area contributed by atoms with Gasteiger partial charge in [-0.1, -0.05) is 29.0 Å². The molecule has 0 atom stereocenters. The van der Waals surface area contributed by atoms with Crippen molar-refractivity contribution in [1.82, 2.24) is 15.5 Å². The summed E-state index contributed by atoms with van der Waals surface area (Å²) in [5, 5.41) is 15.2. The van der Waals surface area contributed by atoms with Gasteiger partial charge in [0.2, 0.25) is 10.9 Å². The molecule has 8 heteroatoms. The van der Waals surface area contributed by atoms with Gasteiger partial charge in [0.1, 0.15) is 5.01 Å². The van der Waals surface area contributed by atoms with Gasteiger partial charge in [0, 0.05) is 29.6 Å². The molecule has 0 aliphatic heterocycles. The van der Waals surface area contributed by atoms with Gasteiger partial charge in [0.25, 0.3) is 5.91 Å². The third kappa shape index (κ3) is 5.01. The number of carbonyl (C=O) groups excluding carboxylic acids is 2. The summed E-state index contributed by atoms with van der Waals surface area (Å²) in [6.07, 6.45) is 3.99. The second kappa shape index (κ2) is 7.72. The highest BCUT2D eigenvalue weighted by atomic mass is 35.5. The third-order valence-corrected chi connectivity index (χ3v) is 4.70. The van der Waals surface area contributed by atoms with Crippen LogP contribution in [0.2, 0.25) is 5.02 Å². The van der Waals surface area contributed by atoms with Crippen LogP contribution in [0.15, 0.2) is 24.3 Å². The van der Waals surface area contributed by atoms with Crippen molar-refractivity contribution in [2.24, 2.45) is 0 Å². The van der Waals surface area contributed by atoms with E-state index in [9.17, 15) is 9.59 Å². The topological polar surface area (TPSA) is 84.0 Å². The fraction of sp³-hybridized carbons (Fsp3) is 0.375. The molecule has 2 amide bonds. The molecule has 0 radical (unpaired) electrons. The standard InChI is InChI=1S/C16H17ClN4O2S/c17-10-3-1-4-12(9-10)19-15(23)16-21-20-14(24-16)6-2-5-13(22)18-11-7-8-11/h1,3-4,9,11H,2,5-8H2,(H,18,22)(H,19,23). The minimum absolute atomic E-state index is 0.0842. The first-order valence-corrected chi connectivity index (χ1v) is 8.98. The molecule has 1 aromatic carbocycles. The molecule has 1 aromatic heterocycles. The van der Waals surface area contributed by atoms with Crippen LogP contribution in [0.3, 0.4) is 0 Å². The third-order valence-electron chi connectivity index (χ3n) is 3.48. The van der Waals surface area contributed by atoms with Crippen LogP contribution in [0, 0.1) is 0 Å². The average Bonchev–Trinajstić information content (AvgIpc) is 3.22. The fourth-order valence-electron chi connectivity index (χ4n) is 2.12. The molecule has 2 aromatic rings. The lowest BCUT2D eigenvalue weighted by molar-refractivity contribution is -0.121. The number of aromatic nitrogens is 2. The molecule has 24 heavy (non-hydrogen) atoms. The lowest BCUT2D eigenvalue weighted by Gasteiger charge is -2.02. The number of rotatable bonds is 7. The van der Waals surface area contributed by atoms with Crippen molar-refractivity contribution < 1.29 is 9.59 Å². The number of anilines is 1. The predicted molar refractivity (Wildman–Crippen MR) is 93.4 cm³/mol. The maximum atomic E-state index is 12.1. The van der Waals surface area contributed by atoms with Gasteiger partial charge in [-0.3, -0.25) is 9.59 Å². The van der Waals surface area contributed by atoms with Crippen molar-refractivity contribution in [3.05, 3.63) is 39.3 Å². The first kappa shape index (κ1) is 16.9. The highest BCUT2D eigenvalue weighted by Crippen LogP contribution is 2.20. The Bertz CT molecular complexity index is 745. The van der Waals surface area contributed by atoms with Crippen LogP contribution >= 0.6 is 22.9 Å². The number of aryl methyl sites for hydroxylation is 1. The Morgan fingerprint density at radius 2 is 2.12 bits per heavy atom. The number of carbonyl (C=O) groups is 2. The van der Waals surface area contributed by atoms with Crippen LogP contribution in [0.5, 0.6) is 0 Å². The van der Waals surface area contributed by atoms with E-state index in [4.69, 9.17) is 11.6 Å². The van der Waals surface area contributed by atoms with E-state index in [1.54, 1.807) is 24.3 Å². The largest absolute Gasteiger partial charge is 0.353 e. The first-order valence-electron chi connectivity index (χ1n) is 7.79. The number of nitrogens with zero attached hydrogens (tertiary/aromatic N) is 2. The lowest BCUT2D eigenvalue weighted by Crippen LogP contribution is -2.24. The Balaban J connectivity index is 1.47. The summed E-state index contributed by atoms with van der Waals surface area (Å²) in [6, 6.07) is 7.31. The summed E-state index contributed by atoms with van der Waals surface area (Å²) in [4.78, 5) is 23.7. The average molecular weight is 365 g/mol. The van der Waals surface area contributed by atoms with Crippen molar-refractivity contribution >= 4 is 40.4 Å². The summed E-state index contributed by atoms with van der Waals surface area (Å²) in [5.41, 5.74) is 0.612. The zero-order chi connectivity index (χ0) is 16.9. The van der Waals surface area contributed by atoms with E-state index in [2.05, 4.69) is 20.8 Å². The number of halogens is 1. The Morgan fingerprint density at radius 1 is 1.29 bits per heavy atom. The minimum atomic E-state index is -0.313. The van der Waals surface area contributed by atoms with Gasteiger partial charge in [0.15, 0.2) is 0 Å². The minimum Gasteiger partial charge on any atom is -0.353 e. The maximum absolute atomic E-state index is 12.1. The van der Waals surface area contributed by atoms with Gasteiger partial charge in [-0.2, -0.15) is 0 Å². The predicted octanol–water partition coefficient (Wildman–Crippen LogP) is 3.05. The summed E-state index contributed by atoms with van der Waals surface area (Å²) in [5.74, 6) is -0.228. The highest BCUT2D eigenvalue weighted by molar-refractivity contribution is 7.13. The number of amides is 2. The van der Waals surface area contributed by atoms with Crippen LogP contribution in [0.25, 0.3) is 0 Å². The second-order valence-corrected chi connectivity index (χ2v) is 7.16. The summed E-state index contributed by atoms with van der Waals surface area (Å²) >= 11 is 7.13. The Kier molecular flexibility index (Phi) is 5.42. The van der Waals surface area contributed by atoms with Gasteiger partial charge in [0.05, 0.1) is 0 Å². The molecule has 1 fully saturated rings. The normalized spacial score (nSPS) is 13.5. The van der Waals surface area contributed by atoms with E-state index in [1.807, 2.05) is 0 Å². The van der Waals surface area contributed by atoms with E-state index < -0.39 is 0 Å². The monoisotopic (exact) mass is 364 g/mol. The summed E-state index contributed by atoms with van der Waals surface area (Å²) in [6.45, 7) is 0.